The molecule has 0 saturated heterocycles. The molecular formula is C10H20ClNO2S. The topological polar surface area (TPSA) is 46.2 Å². The maximum Gasteiger partial charge on any atom is 0.214 e. The van der Waals surface area contributed by atoms with E-state index in [1.54, 1.807) is 13.8 Å². The quantitative estimate of drug-likeness (QED) is 0.620. The minimum atomic E-state index is -3.18. The van der Waals surface area contributed by atoms with Gasteiger partial charge in [0.1, 0.15) is 0 Å². The van der Waals surface area contributed by atoms with E-state index >= 15 is 0 Å². The lowest BCUT2D eigenvalue weighted by molar-refractivity contribution is 0.509. The van der Waals surface area contributed by atoms with Crippen molar-refractivity contribution >= 4 is 21.6 Å². The van der Waals surface area contributed by atoms with Crippen LogP contribution in [0.3, 0.4) is 0 Å². The van der Waals surface area contributed by atoms with Gasteiger partial charge in [0.05, 0.1) is 5.25 Å². The molecule has 5 heteroatoms. The first kappa shape index (κ1) is 13.3. The Morgan fingerprint density at radius 2 is 1.80 bits per heavy atom. The zero-order valence-corrected chi connectivity index (χ0v) is 10.9. The number of hydrogen-bond donors (Lipinski definition) is 1. The molecule has 1 fully saturated rings. The Kier molecular flexibility index (Phi) is 4.87. The SMILES string of the molecule is CC(C)S(=O)(=O)NC1CCCCCC1Cl. The minimum absolute atomic E-state index is 0.0546. The molecule has 0 aromatic rings. The van der Waals surface area contributed by atoms with E-state index in [0.29, 0.717) is 0 Å². The summed E-state index contributed by atoms with van der Waals surface area (Å²) >= 11 is 6.17. The summed E-state index contributed by atoms with van der Waals surface area (Å²) in [5.74, 6) is 0. The van der Waals surface area contributed by atoms with Crippen LogP contribution >= 0.6 is 11.6 Å². The Balaban J connectivity index is 2.63. The Morgan fingerprint density at radius 3 is 2.40 bits per heavy atom. The van der Waals surface area contributed by atoms with Crippen molar-refractivity contribution in [1.82, 2.24) is 4.72 Å². The van der Waals surface area contributed by atoms with E-state index in [1.807, 2.05) is 0 Å². The van der Waals surface area contributed by atoms with Gasteiger partial charge in [-0.2, -0.15) is 0 Å². The molecule has 15 heavy (non-hydrogen) atoms. The van der Waals surface area contributed by atoms with Crippen LogP contribution in [0.2, 0.25) is 0 Å². The van der Waals surface area contributed by atoms with Crippen molar-refractivity contribution in [1.29, 1.82) is 0 Å². The number of alkyl halides is 1. The summed E-state index contributed by atoms with van der Waals surface area (Å²) in [4.78, 5) is 0. The Labute approximate surface area is 97.6 Å². The van der Waals surface area contributed by atoms with Crippen LogP contribution < -0.4 is 4.72 Å². The molecule has 2 atom stereocenters. The first-order valence-corrected chi connectivity index (χ1v) is 7.57. The van der Waals surface area contributed by atoms with Crippen molar-refractivity contribution in [2.24, 2.45) is 0 Å². The van der Waals surface area contributed by atoms with E-state index in [1.165, 1.54) is 0 Å². The molecule has 1 rings (SSSR count). The molecule has 0 aromatic heterocycles. The van der Waals surface area contributed by atoms with Gasteiger partial charge in [-0.15, -0.1) is 11.6 Å². The maximum atomic E-state index is 11.7. The molecule has 0 aliphatic heterocycles. The molecule has 0 amide bonds. The Morgan fingerprint density at radius 1 is 1.20 bits per heavy atom. The van der Waals surface area contributed by atoms with Gasteiger partial charge in [-0.3, -0.25) is 0 Å². The minimum Gasteiger partial charge on any atom is -0.212 e. The lowest BCUT2D eigenvalue weighted by Gasteiger charge is -2.22. The highest BCUT2D eigenvalue weighted by atomic mass is 35.5. The van der Waals surface area contributed by atoms with Crippen LogP contribution in [-0.2, 0) is 10.0 Å². The van der Waals surface area contributed by atoms with Crippen LogP contribution in [0.15, 0.2) is 0 Å². The van der Waals surface area contributed by atoms with Crippen LogP contribution in [0.5, 0.6) is 0 Å². The smallest absolute Gasteiger partial charge is 0.212 e. The largest absolute Gasteiger partial charge is 0.214 e. The highest BCUT2D eigenvalue weighted by Gasteiger charge is 2.27. The summed E-state index contributed by atoms with van der Waals surface area (Å²) in [5.41, 5.74) is 0. The third-order valence-corrected chi connectivity index (χ3v) is 5.26. The van der Waals surface area contributed by atoms with Crippen molar-refractivity contribution in [2.45, 2.75) is 62.6 Å². The van der Waals surface area contributed by atoms with Crippen molar-refractivity contribution < 1.29 is 8.42 Å². The molecule has 3 nitrogen and oxygen atoms in total. The zero-order chi connectivity index (χ0) is 11.5. The van der Waals surface area contributed by atoms with Crippen molar-refractivity contribution in [3.63, 3.8) is 0 Å². The van der Waals surface area contributed by atoms with Gasteiger partial charge >= 0.3 is 0 Å². The molecule has 0 aromatic carbocycles. The molecule has 1 saturated carbocycles. The predicted molar refractivity (Wildman–Crippen MR) is 63.7 cm³/mol. The van der Waals surface area contributed by atoms with Crippen molar-refractivity contribution in [3.05, 3.63) is 0 Å². The maximum absolute atomic E-state index is 11.7. The third-order valence-electron chi connectivity index (χ3n) is 2.87. The van der Waals surface area contributed by atoms with Gasteiger partial charge in [0, 0.05) is 11.4 Å². The van der Waals surface area contributed by atoms with Crippen LogP contribution in [0, 0.1) is 0 Å². The highest BCUT2D eigenvalue weighted by Crippen LogP contribution is 2.23. The first-order valence-electron chi connectivity index (χ1n) is 5.58. The average Bonchev–Trinajstić information content (AvgIpc) is 2.31. The monoisotopic (exact) mass is 253 g/mol. The number of nitrogens with one attached hydrogen (secondary N) is 1. The van der Waals surface area contributed by atoms with Crippen LogP contribution in [0.4, 0.5) is 0 Å². The normalized spacial score (nSPS) is 29.1. The molecular weight excluding hydrogens is 234 g/mol. The number of halogens is 1. The fraction of sp³-hybridized carbons (Fsp3) is 1.00. The zero-order valence-electron chi connectivity index (χ0n) is 9.37. The number of rotatable bonds is 3. The second kappa shape index (κ2) is 5.51. The van der Waals surface area contributed by atoms with E-state index < -0.39 is 10.0 Å². The first-order chi connectivity index (χ1) is 6.93. The Bertz CT molecular complexity index is 290. The van der Waals surface area contributed by atoms with E-state index in [2.05, 4.69) is 4.72 Å². The molecule has 1 N–H and O–H groups in total. The lowest BCUT2D eigenvalue weighted by Crippen LogP contribution is -2.43. The van der Waals surface area contributed by atoms with Gasteiger partial charge in [0.2, 0.25) is 10.0 Å². The molecule has 1 aliphatic rings. The summed E-state index contributed by atoms with van der Waals surface area (Å²) in [5, 5.41) is -0.439. The van der Waals surface area contributed by atoms with E-state index in [-0.39, 0.29) is 16.7 Å². The van der Waals surface area contributed by atoms with Gasteiger partial charge in [0.25, 0.3) is 0 Å². The number of hydrogen-bond acceptors (Lipinski definition) is 2. The average molecular weight is 254 g/mol. The third kappa shape index (κ3) is 3.93. The second-order valence-corrected chi connectivity index (χ2v) is 7.30. The summed E-state index contributed by atoms with van der Waals surface area (Å²) in [6.45, 7) is 3.37. The Hall–Kier alpha value is 0.200. The van der Waals surface area contributed by atoms with Crippen molar-refractivity contribution in [2.75, 3.05) is 0 Å². The van der Waals surface area contributed by atoms with Gasteiger partial charge in [-0.25, -0.2) is 13.1 Å². The predicted octanol–water partition coefficient (Wildman–Crippen LogP) is 2.25. The molecule has 0 heterocycles. The van der Waals surface area contributed by atoms with Crippen LogP contribution in [-0.4, -0.2) is 25.1 Å². The van der Waals surface area contributed by atoms with Crippen LogP contribution in [0.25, 0.3) is 0 Å². The molecule has 0 radical (unpaired) electrons. The molecule has 1 aliphatic carbocycles. The van der Waals surface area contributed by atoms with E-state index in [0.717, 1.165) is 32.1 Å². The second-order valence-electron chi connectivity index (χ2n) is 4.47. The summed E-state index contributed by atoms with van der Waals surface area (Å²) in [7, 11) is -3.18. The molecule has 2 unspecified atom stereocenters. The van der Waals surface area contributed by atoms with Gasteiger partial charge in [-0.05, 0) is 26.7 Å². The van der Waals surface area contributed by atoms with E-state index in [4.69, 9.17) is 11.6 Å². The van der Waals surface area contributed by atoms with Gasteiger partial charge in [-0.1, -0.05) is 19.3 Å². The van der Waals surface area contributed by atoms with Crippen LogP contribution in [0.1, 0.15) is 46.0 Å². The summed E-state index contributed by atoms with van der Waals surface area (Å²) in [6.07, 6.45) is 5.10. The highest BCUT2D eigenvalue weighted by molar-refractivity contribution is 7.90. The molecule has 0 spiro atoms. The standard InChI is InChI=1S/C10H20ClNO2S/c1-8(2)15(13,14)12-10-7-5-3-4-6-9(10)11/h8-10,12H,3-7H2,1-2H3. The summed E-state index contributed by atoms with van der Waals surface area (Å²) < 4.78 is 26.1. The fourth-order valence-electron chi connectivity index (χ4n) is 1.74. The van der Waals surface area contributed by atoms with E-state index in [9.17, 15) is 8.42 Å². The molecule has 0 bridgehead atoms. The molecule has 90 valence electrons. The van der Waals surface area contributed by atoms with Crippen molar-refractivity contribution in [3.8, 4) is 0 Å². The summed E-state index contributed by atoms with van der Waals surface area (Å²) in [6, 6.07) is -0.0819. The van der Waals surface area contributed by atoms with Gasteiger partial charge < -0.3 is 0 Å². The number of sulfonamides is 1. The van der Waals surface area contributed by atoms with Gasteiger partial charge in [0.15, 0.2) is 0 Å². The fourth-order valence-corrected chi connectivity index (χ4v) is 3.14. The lowest BCUT2D eigenvalue weighted by atomic mass is 10.1.